The van der Waals surface area contributed by atoms with Gasteiger partial charge >= 0.3 is 5.97 Å². The number of carbonyl (C=O) groups is 2. The standard InChI is InChI=1S/C32H35N3O4/c1-3-39-31(36)18-22-8-10-23(11-9-22)24-12-14-25(15-13-24)27-16-17-30-34-28(21-35(30)20-27)32(37)33-19-26-6-4-5-7-29(26)38-2/h4-7,12-17,20-23H,3,8-11,18-19H2,1-2H3,(H,33,37). The zero-order valence-corrected chi connectivity index (χ0v) is 22.6. The van der Waals surface area contributed by atoms with Gasteiger partial charge in [-0.1, -0.05) is 42.5 Å². The van der Waals surface area contributed by atoms with E-state index in [1.54, 1.807) is 13.3 Å². The lowest BCUT2D eigenvalue weighted by Gasteiger charge is -2.28. The minimum absolute atomic E-state index is 0.0687. The molecule has 7 nitrogen and oxygen atoms in total. The number of nitrogens with zero attached hydrogens (tertiary/aromatic N) is 2. The highest BCUT2D eigenvalue weighted by molar-refractivity contribution is 5.93. The summed E-state index contributed by atoms with van der Waals surface area (Å²) < 4.78 is 12.4. The lowest BCUT2D eigenvalue weighted by Crippen LogP contribution is -2.23. The van der Waals surface area contributed by atoms with Crippen molar-refractivity contribution in [2.75, 3.05) is 13.7 Å². The molecule has 0 bridgehead atoms. The van der Waals surface area contributed by atoms with Gasteiger partial charge in [0.2, 0.25) is 0 Å². The zero-order chi connectivity index (χ0) is 27.2. The molecule has 1 fully saturated rings. The summed E-state index contributed by atoms with van der Waals surface area (Å²) in [6.07, 6.45) is 8.66. The molecule has 0 unspecified atom stereocenters. The molecule has 4 aromatic rings. The molecule has 1 N–H and O–H groups in total. The summed E-state index contributed by atoms with van der Waals surface area (Å²) in [4.78, 5) is 29.1. The van der Waals surface area contributed by atoms with Crippen molar-refractivity contribution in [3.05, 3.63) is 89.9 Å². The van der Waals surface area contributed by atoms with Crippen LogP contribution in [-0.2, 0) is 16.1 Å². The van der Waals surface area contributed by atoms with E-state index in [0.29, 0.717) is 37.1 Å². The minimum atomic E-state index is -0.229. The summed E-state index contributed by atoms with van der Waals surface area (Å²) in [7, 11) is 1.62. The molecule has 0 spiro atoms. The van der Waals surface area contributed by atoms with Gasteiger partial charge in [-0.3, -0.25) is 9.59 Å². The lowest BCUT2D eigenvalue weighted by molar-refractivity contribution is -0.144. The van der Waals surface area contributed by atoms with Crippen LogP contribution in [0.25, 0.3) is 16.8 Å². The second kappa shape index (κ2) is 12.2. The summed E-state index contributed by atoms with van der Waals surface area (Å²) >= 11 is 0. The number of imidazole rings is 1. The minimum Gasteiger partial charge on any atom is -0.496 e. The fourth-order valence-electron chi connectivity index (χ4n) is 5.49. The van der Waals surface area contributed by atoms with Gasteiger partial charge < -0.3 is 19.2 Å². The Hall–Kier alpha value is -4.13. The molecule has 1 saturated carbocycles. The van der Waals surface area contributed by atoms with Crippen molar-refractivity contribution in [3.8, 4) is 16.9 Å². The van der Waals surface area contributed by atoms with Crippen molar-refractivity contribution in [1.29, 1.82) is 0 Å². The van der Waals surface area contributed by atoms with E-state index in [1.165, 1.54) is 5.56 Å². The van der Waals surface area contributed by atoms with E-state index in [4.69, 9.17) is 9.47 Å². The van der Waals surface area contributed by atoms with Gasteiger partial charge in [-0.25, -0.2) is 4.98 Å². The van der Waals surface area contributed by atoms with Gasteiger partial charge in [0.1, 0.15) is 17.1 Å². The zero-order valence-electron chi connectivity index (χ0n) is 22.6. The van der Waals surface area contributed by atoms with Gasteiger partial charge in [0.15, 0.2) is 0 Å². The number of amides is 1. The lowest BCUT2D eigenvalue weighted by atomic mass is 9.77. The van der Waals surface area contributed by atoms with Gasteiger partial charge in [-0.05, 0) is 79.3 Å². The molecule has 7 heteroatoms. The predicted molar refractivity (Wildman–Crippen MR) is 151 cm³/mol. The quantitative estimate of drug-likeness (QED) is 0.265. The smallest absolute Gasteiger partial charge is 0.306 e. The number of rotatable bonds is 9. The highest BCUT2D eigenvalue weighted by Crippen LogP contribution is 2.37. The van der Waals surface area contributed by atoms with Crippen LogP contribution < -0.4 is 10.1 Å². The summed E-state index contributed by atoms with van der Waals surface area (Å²) in [6, 6.07) is 20.4. The second-order valence-corrected chi connectivity index (χ2v) is 10.2. The first-order chi connectivity index (χ1) is 19.0. The van der Waals surface area contributed by atoms with Crippen LogP contribution in [0, 0.1) is 5.92 Å². The highest BCUT2D eigenvalue weighted by atomic mass is 16.5. The number of fused-ring (bicyclic) bond motifs is 1. The van der Waals surface area contributed by atoms with E-state index < -0.39 is 0 Å². The van der Waals surface area contributed by atoms with Crippen LogP contribution in [0.3, 0.4) is 0 Å². The van der Waals surface area contributed by atoms with E-state index in [1.807, 2.05) is 53.9 Å². The largest absolute Gasteiger partial charge is 0.496 e. The molecule has 1 aliphatic rings. The molecule has 0 aliphatic heterocycles. The Labute approximate surface area is 229 Å². The predicted octanol–water partition coefficient (Wildman–Crippen LogP) is 6.17. The van der Waals surface area contributed by atoms with Crippen molar-refractivity contribution in [3.63, 3.8) is 0 Å². The Bertz CT molecular complexity index is 1440. The van der Waals surface area contributed by atoms with E-state index in [-0.39, 0.29) is 11.9 Å². The van der Waals surface area contributed by atoms with Crippen LogP contribution in [0.4, 0.5) is 0 Å². The molecule has 1 amide bonds. The van der Waals surface area contributed by atoms with E-state index in [0.717, 1.165) is 53.8 Å². The number of aromatic nitrogens is 2. The number of nitrogens with one attached hydrogen (secondary N) is 1. The third kappa shape index (κ3) is 6.30. The van der Waals surface area contributed by atoms with E-state index in [2.05, 4.69) is 34.6 Å². The van der Waals surface area contributed by atoms with Crippen molar-refractivity contribution in [2.45, 2.75) is 51.5 Å². The fraction of sp³-hybridized carbons (Fsp3) is 0.344. The monoisotopic (exact) mass is 525 g/mol. The van der Waals surface area contributed by atoms with Crippen molar-refractivity contribution >= 4 is 17.5 Å². The first-order valence-electron chi connectivity index (χ1n) is 13.7. The number of ether oxygens (including phenoxy) is 2. The highest BCUT2D eigenvalue weighted by Gasteiger charge is 2.24. The molecule has 1 aliphatic carbocycles. The van der Waals surface area contributed by atoms with Gasteiger partial charge in [0.05, 0.1) is 13.7 Å². The number of hydrogen-bond donors (Lipinski definition) is 1. The second-order valence-electron chi connectivity index (χ2n) is 10.2. The van der Waals surface area contributed by atoms with Gasteiger partial charge in [-0.15, -0.1) is 0 Å². The van der Waals surface area contributed by atoms with Gasteiger partial charge in [-0.2, -0.15) is 0 Å². The fourth-order valence-corrected chi connectivity index (χ4v) is 5.49. The molecular formula is C32H35N3O4. The molecule has 5 rings (SSSR count). The number of esters is 1. The topological polar surface area (TPSA) is 81.9 Å². The molecule has 2 aromatic heterocycles. The van der Waals surface area contributed by atoms with Gasteiger partial charge in [0, 0.05) is 30.9 Å². The molecule has 0 radical (unpaired) electrons. The Kier molecular flexibility index (Phi) is 8.25. The number of hydrogen-bond acceptors (Lipinski definition) is 5. The number of para-hydroxylation sites is 1. The Morgan fingerprint density at radius 1 is 0.949 bits per heavy atom. The summed E-state index contributed by atoms with van der Waals surface area (Å²) in [5.74, 6) is 1.42. The van der Waals surface area contributed by atoms with Crippen LogP contribution >= 0.6 is 0 Å². The molecular weight excluding hydrogens is 490 g/mol. The van der Waals surface area contributed by atoms with Crippen molar-refractivity contribution in [1.82, 2.24) is 14.7 Å². The number of pyridine rings is 1. The van der Waals surface area contributed by atoms with E-state index >= 15 is 0 Å². The molecule has 39 heavy (non-hydrogen) atoms. The van der Waals surface area contributed by atoms with Crippen molar-refractivity contribution in [2.24, 2.45) is 5.92 Å². The average molecular weight is 526 g/mol. The number of benzene rings is 2. The SMILES string of the molecule is CCOC(=O)CC1CCC(c2ccc(-c3ccc4nc(C(=O)NCc5ccccc5OC)cn4c3)cc2)CC1. The maximum Gasteiger partial charge on any atom is 0.306 e. The first kappa shape index (κ1) is 26.5. The first-order valence-corrected chi connectivity index (χ1v) is 13.7. The molecule has 202 valence electrons. The Balaban J connectivity index is 1.21. The maximum absolute atomic E-state index is 12.8. The Morgan fingerprint density at radius 2 is 1.69 bits per heavy atom. The van der Waals surface area contributed by atoms with E-state index in [9.17, 15) is 9.59 Å². The summed E-state index contributed by atoms with van der Waals surface area (Å²) in [5.41, 5.74) is 5.53. The normalized spacial score (nSPS) is 17.1. The maximum atomic E-state index is 12.8. The number of methoxy groups -OCH3 is 1. The third-order valence-electron chi connectivity index (χ3n) is 7.64. The average Bonchev–Trinajstić information content (AvgIpc) is 3.40. The van der Waals surface area contributed by atoms with Crippen LogP contribution in [0.2, 0.25) is 0 Å². The Morgan fingerprint density at radius 3 is 2.44 bits per heavy atom. The van der Waals surface area contributed by atoms with Crippen LogP contribution in [0.15, 0.2) is 73.1 Å². The summed E-state index contributed by atoms with van der Waals surface area (Å²) in [6.45, 7) is 2.67. The van der Waals surface area contributed by atoms with Crippen LogP contribution in [0.1, 0.15) is 66.6 Å². The molecule has 2 heterocycles. The van der Waals surface area contributed by atoms with Gasteiger partial charge in [0.25, 0.3) is 5.91 Å². The number of carbonyl (C=O) groups excluding carboxylic acids is 2. The van der Waals surface area contributed by atoms with Crippen LogP contribution in [-0.4, -0.2) is 35.0 Å². The third-order valence-corrected chi connectivity index (χ3v) is 7.64. The molecule has 0 saturated heterocycles. The van der Waals surface area contributed by atoms with Crippen molar-refractivity contribution < 1.29 is 19.1 Å². The van der Waals surface area contributed by atoms with Crippen LogP contribution in [0.5, 0.6) is 5.75 Å². The summed E-state index contributed by atoms with van der Waals surface area (Å²) in [5, 5.41) is 2.93. The molecule has 0 atom stereocenters. The molecule has 2 aromatic carbocycles.